The van der Waals surface area contributed by atoms with E-state index < -0.39 is 10.1 Å². The molecule has 6 heteroatoms. The fraction of sp³-hybridized carbons (Fsp3) is 0.222. The molecule has 0 aliphatic rings. The summed E-state index contributed by atoms with van der Waals surface area (Å²) in [5, 5.41) is 0. The number of hydrogen-bond donors (Lipinski definition) is 1. The molecule has 0 fully saturated rings. The molecule has 0 aliphatic carbocycles. The summed E-state index contributed by atoms with van der Waals surface area (Å²) in [4.78, 5) is 11.7. The molecule has 5 nitrogen and oxygen atoms in total. The van der Waals surface area contributed by atoms with Crippen LogP contribution in [0.3, 0.4) is 0 Å². The Morgan fingerprint density at radius 2 is 1.67 bits per heavy atom. The third-order valence-electron chi connectivity index (χ3n) is 1.41. The van der Waals surface area contributed by atoms with Gasteiger partial charge in [-0.3, -0.25) is 4.55 Å². The van der Waals surface area contributed by atoms with E-state index in [1.165, 1.54) is 25.3 Å². The van der Waals surface area contributed by atoms with E-state index in [9.17, 15) is 8.42 Å². The third kappa shape index (κ3) is 5.74. The van der Waals surface area contributed by atoms with Crippen molar-refractivity contribution in [1.82, 2.24) is 0 Å². The van der Waals surface area contributed by atoms with Crippen LogP contribution in [-0.4, -0.2) is 26.1 Å². The SMILES string of the molecule is CN=C=O.Cc1ccc(S(=O)(=O)O)cc1. The first kappa shape index (κ1) is 13.5. The number of aliphatic imine (C=N–C) groups is 1. The van der Waals surface area contributed by atoms with Crippen molar-refractivity contribution in [1.29, 1.82) is 0 Å². The van der Waals surface area contributed by atoms with Crippen molar-refractivity contribution in [3.05, 3.63) is 29.8 Å². The molecule has 0 radical (unpaired) electrons. The molecule has 82 valence electrons. The summed E-state index contributed by atoms with van der Waals surface area (Å²) < 4.78 is 29.6. The Morgan fingerprint density at radius 1 is 1.27 bits per heavy atom. The van der Waals surface area contributed by atoms with E-state index in [4.69, 9.17) is 9.35 Å². The molecule has 1 aromatic carbocycles. The van der Waals surface area contributed by atoms with Crippen molar-refractivity contribution in [3.63, 3.8) is 0 Å². The van der Waals surface area contributed by atoms with Gasteiger partial charge in [-0.2, -0.15) is 8.42 Å². The Bertz CT molecular complexity index is 444. The number of rotatable bonds is 1. The van der Waals surface area contributed by atoms with Crippen LogP contribution in [0.1, 0.15) is 5.56 Å². The predicted octanol–water partition coefficient (Wildman–Crippen LogP) is 1.19. The van der Waals surface area contributed by atoms with Crippen LogP contribution in [0.15, 0.2) is 34.2 Å². The zero-order chi connectivity index (χ0) is 11.9. The standard InChI is InChI=1S/C7H8O3S.C2H3NO/c1-6-2-4-7(5-3-6)11(8,9)10;1-3-2-4/h2-5H,1H3,(H,8,9,10);1H3. The van der Waals surface area contributed by atoms with Crippen molar-refractivity contribution < 1.29 is 17.8 Å². The molecule has 0 heterocycles. The molecule has 15 heavy (non-hydrogen) atoms. The maximum atomic E-state index is 10.5. The average Bonchev–Trinajstić information content (AvgIpc) is 2.17. The maximum Gasteiger partial charge on any atom is 0.294 e. The Balaban J connectivity index is 0.000000423. The van der Waals surface area contributed by atoms with Gasteiger partial charge in [0.2, 0.25) is 6.08 Å². The molecule has 1 N–H and O–H groups in total. The summed E-state index contributed by atoms with van der Waals surface area (Å²) >= 11 is 0. The summed E-state index contributed by atoms with van der Waals surface area (Å²) in [5.74, 6) is 0. The molecule has 0 saturated heterocycles. The largest absolute Gasteiger partial charge is 0.294 e. The lowest BCUT2D eigenvalue weighted by molar-refractivity contribution is 0.483. The van der Waals surface area contributed by atoms with Gasteiger partial charge in [0.05, 0.1) is 4.90 Å². The fourth-order valence-corrected chi connectivity index (χ4v) is 1.19. The number of aryl methyl sites for hydroxylation is 1. The van der Waals surface area contributed by atoms with Crippen LogP contribution in [0.25, 0.3) is 0 Å². The molecule has 1 rings (SSSR count). The predicted molar refractivity (Wildman–Crippen MR) is 55.0 cm³/mol. The lowest BCUT2D eigenvalue weighted by atomic mass is 10.2. The number of isocyanates is 1. The smallest absolute Gasteiger partial charge is 0.282 e. The van der Waals surface area contributed by atoms with Gasteiger partial charge in [0.25, 0.3) is 10.1 Å². The van der Waals surface area contributed by atoms with Crippen LogP contribution in [0.5, 0.6) is 0 Å². The number of nitrogens with zero attached hydrogens (tertiary/aromatic N) is 1. The van der Waals surface area contributed by atoms with Crippen molar-refractivity contribution in [2.24, 2.45) is 4.99 Å². The van der Waals surface area contributed by atoms with E-state index in [-0.39, 0.29) is 4.90 Å². The van der Waals surface area contributed by atoms with Gasteiger partial charge in [-0.05, 0) is 19.1 Å². The average molecular weight is 229 g/mol. The van der Waals surface area contributed by atoms with Crippen LogP contribution in [0.4, 0.5) is 0 Å². The number of carbonyl (C=O) groups excluding carboxylic acids is 1. The quantitative estimate of drug-likeness (QED) is 0.445. The highest BCUT2D eigenvalue weighted by Crippen LogP contribution is 2.08. The summed E-state index contributed by atoms with van der Waals surface area (Å²) in [6.45, 7) is 1.84. The van der Waals surface area contributed by atoms with Crippen LogP contribution in [0.2, 0.25) is 0 Å². The molecule has 0 saturated carbocycles. The minimum Gasteiger partial charge on any atom is -0.282 e. The van der Waals surface area contributed by atoms with Gasteiger partial charge in [0, 0.05) is 7.05 Å². The lowest BCUT2D eigenvalue weighted by Crippen LogP contribution is -1.96. The second-order valence-corrected chi connectivity index (χ2v) is 4.02. The van der Waals surface area contributed by atoms with E-state index in [1.807, 2.05) is 6.92 Å². The van der Waals surface area contributed by atoms with E-state index in [0.717, 1.165) is 5.56 Å². The minimum absolute atomic E-state index is 0.0666. The first-order valence-electron chi connectivity index (χ1n) is 3.92. The Kier molecular flexibility index (Phi) is 5.48. The first-order chi connectivity index (χ1) is 6.91. The van der Waals surface area contributed by atoms with Gasteiger partial charge < -0.3 is 0 Å². The Hall–Kier alpha value is -1.49. The summed E-state index contributed by atoms with van der Waals surface area (Å²) in [6, 6.07) is 5.99. The molecular weight excluding hydrogens is 218 g/mol. The van der Waals surface area contributed by atoms with Crippen molar-refractivity contribution >= 4 is 16.2 Å². The molecule has 0 spiro atoms. The topological polar surface area (TPSA) is 83.8 Å². The van der Waals surface area contributed by atoms with Crippen LogP contribution < -0.4 is 0 Å². The van der Waals surface area contributed by atoms with Crippen molar-refractivity contribution in [3.8, 4) is 0 Å². The number of benzene rings is 1. The van der Waals surface area contributed by atoms with Gasteiger partial charge in [-0.25, -0.2) is 9.79 Å². The lowest BCUT2D eigenvalue weighted by Gasteiger charge is -1.95. The second-order valence-electron chi connectivity index (χ2n) is 2.60. The highest BCUT2D eigenvalue weighted by atomic mass is 32.2. The van der Waals surface area contributed by atoms with E-state index >= 15 is 0 Å². The summed E-state index contributed by atoms with van der Waals surface area (Å²) in [5.41, 5.74) is 0.956. The molecule has 1 aromatic rings. The van der Waals surface area contributed by atoms with Gasteiger partial charge in [-0.1, -0.05) is 17.7 Å². The summed E-state index contributed by atoms with van der Waals surface area (Å²) in [7, 11) is -2.64. The molecular formula is C9H11NO4S. The zero-order valence-electron chi connectivity index (χ0n) is 8.34. The van der Waals surface area contributed by atoms with Crippen LogP contribution >= 0.6 is 0 Å². The zero-order valence-corrected chi connectivity index (χ0v) is 9.15. The molecule has 0 amide bonds. The first-order valence-corrected chi connectivity index (χ1v) is 5.36. The molecule has 0 aromatic heterocycles. The fourth-order valence-electron chi connectivity index (χ4n) is 0.710. The van der Waals surface area contributed by atoms with Crippen LogP contribution in [-0.2, 0) is 14.9 Å². The highest BCUT2D eigenvalue weighted by Gasteiger charge is 2.06. The molecule has 0 atom stereocenters. The normalized spacial score (nSPS) is 9.53. The van der Waals surface area contributed by atoms with Gasteiger partial charge in [0.15, 0.2) is 0 Å². The van der Waals surface area contributed by atoms with E-state index in [1.54, 1.807) is 12.1 Å². The molecule has 0 bridgehead atoms. The van der Waals surface area contributed by atoms with E-state index in [2.05, 4.69) is 4.99 Å². The highest BCUT2D eigenvalue weighted by molar-refractivity contribution is 7.85. The van der Waals surface area contributed by atoms with Crippen LogP contribution in [0, 0.1) is 6.92 Å². The third-order valence-corrected chi connectivity index (χ3v) is 2.28. The van der Waals surface area contributed by atoms with Gasteiger partial charge in [-0.15, -0.1) is 0 Å². The number of hydrogen-bond acceptors (Lipinski definition) is 4. The summed E-state index contributed by atoms with van der Waals surface area (Å²) in [6.07, 6.45) is 1.31. The Morgan fingerprint density at radius 3 is 1.93 bits per heavy atom. The van der Waals surface area contributed by atoms with Crippen molar-refractivity contribution in [2.45, 2.75) is 11.8 Å². The molecule has 0 unspecified atom stereocenters. The maximum absolute atomic E-state index is 10.5. The Labute approximate surface area is 88.2 Å². The second kappa shape index (κ2) is 6.08. The monoisotopic (exact) mass is 229 g/mol. The van der Waals surface area contributed by atoms with Crippen molar-refractivity contribution in [2.75, 3.05) is 7.05 Å². The molecule has 0 aliphatic heterocycles. The van der Waals surface area contributed by atoms with E-state index in [0.29, 0.717) is 0 Å². The van der Waals surface area contributed by atoms with Gasteiger partial charge >= 0.3 is 0 Å². The minimum atomic E-state index is -4.02. The van der Waals surface area contributed by atoms with Gasteiger partial charge in [0.1, 0.15) is 0 Å².